The summed E-state index contributed by atoms with van der Waals surface area (Å²) in [6.07, 6.45) is 0. The molecule has 118 valence electrons. The van der Waals surface area contributed by atoms with Crippen molar-refractivity contribution in [3.05, 3.63) is 65.7 Å². The van der Waals surface area contributed by atoms with E-state index in [9.17, 15) is 4.21 Å². The van der Waals surface area contributed by atoms with Crippen molar-refractivity contribution in [3.8, 4) is 0 Å². The summed E-state index contributed by atoms with van der Waals surface area (Å²) in [5.41, 5.74) is 2.29. The van der Waals surface area contributed by atoms with Crippen LogP contribution in [-0.2, 0) is 22.3 Å². The van der Waals surface area contributed by atoms with Crippen molar-refractivity contribution in [1.82, 2.24) is 0 Å². The average molecular weight is 351 g/mol. The fourth-order valence-corrected chi connectivity index (χ4v) is 5.69. The van der Waals surface area contributed by atoms with E-state index in [0.717, 1.165) is 16.9 Å². The Labute approximate surface area is 144 Å². The van der Waals surface area contributed by atoms with Crippen LogP contribution in [0.5, 0.6) is 0 Å². The van der Waals surface area contributed by atoms with Gasteiger partial charge in [0, 0.05) is 33.0 Å². The van der Waals surface area contributed by atoms with Crippen LogP contribution < -0.4 is 0 Å². The molecule has 2 aromatic rings. The van der Waals surface area contributed by atoms with Crippen molar-refractivity contribution in [2.24, 2.45) is 5.92 Å². The Kier molecular flexibility index (Phi) is 7.56. The van der Waals surface area contributed by atoms with Crippen molar-refractivity contribution in [1.29, 1.82) is 0 Å². The zero-order valence-corrected chi connectivity index (χ0v) is 15.5. The Morgan fingerprint density at radius 1 is 0.955 bits per heavy atom. The molecule has 0 aliphatic carbocycles. The zero-order chi connectivity index (χ0) is 15.8. The van der Waals surface area contributed by atoms with Gasteiger partial charge in [0.25, 0.3) is 0 Å². The summed E-state index contributed by atoms with van der Waals surface area (Å²) in [4.78, 5) is 1.25. The maximum absolute atomic E-state index is 12.3. The molecule has 0 radical (unpaired) electrons. The molecule has 0 bridgehead atoms. The Hall–Kier alpha value is -0.710. The lowest BCUT2D eigenvalue weighted by molar-refractivity contribution is 0.682. The van der Waals surface area contributed by atoms with E-state index in [2.05, 4.69) is 38.1 Å². The predicted molar refractivity (Wildman–Crippen MR) is 102 cm³/mol. The molecule has 0 heterocycles. The summed E-state index contributed by atoms with van der Waals surface area (Å²) in [6.45, 7) is 4.47. The number of rotatable bonds is 8. The standard InChI is InChI=1S/C18H22OS3/c1-15(2)12-20-21-18-10-6-9-17(11-18)14-22(19)13-16-7-4-3-5-8-16/h3-11,15H,12-14H2,1-2H3. The van der Waals surface area contributed by atoms with Gasteiger partial charge in [-0.2, -0.15) is 0 Å². The summed E-state index contributed by atoms with van der Waals surface area (Å²) < 4.78 is 12.3. The molecular weight excluding hydrogens is 328 g/mol. The number of benzene rings is 2. The molecule has 0 aromatic heterocycles. The summed E-state index contributed by atoms with van der Waals surface area (Å²) >= 11 is 0. The van der Waals surface area contributed by atoms with Gasteiger partial charge in [0.1, 0.15) is 0 Å². The zero-order valence-electron chi connectivity index (χ0n) is 13.0. The highest BCUT2D eigenvalue weighted by Gasteiger charge is 2.05. The fourth-order valence-electron chi connectivity index (χ4n) is 1.92. The normalized spacial score (nSPS) is 12.5. The van der Waals surface area contributed by atoms with Gasteiger partial charge < -0.3 is 0 Å². The quantitative estimate of drug-likeness (QED) is 0.583. The van der Waals surface area contributed by atoms with Gasteiger partial charge in [-0.05, 0) is 29.2 Å². The molecule has 0 spiro atoms. The predicted octanol–water partition coefficient (Wildman–Crippen LogP) is 5.53. The fraction of sp³-hybridized carbons (Fsp3) is 0.333. The van der Waals surface area contributed by atoms with E-state index < -0.39 is 10.8 Å². The third-order valence-corrected chi connectivity index (χ3v) is 6.97. The molecule has 2 rings (SSSR count). The van der Waals surface area contributed by atoms with Crippen LogP contribution in [0.1, 0.15) is 25.0 Å². The Balaban J connectivity index is 1.88. The Bertz CT molecular complexity index is 596. The van der Waals surface area contributed by atoms with E-state index in [-0.39, 0.29) is 0 Å². The SMILES string of the molecule is CC(C)CSSc1cccc(CS(=O)Cc2ccccc2)c1. The van der Waals surface area contributed by atoms with Gasteiger partial charge in [-0.15, -0.1) is 0 Å². The van der Waals surface area contributed by atoms with Crippen LogP contribution in [0.2, 0.25) is 0 Å². The molecule has 1 atom stereocenters. The van der Waals surface area contributed by atoms with Gasteiger partial charge in [-0.3, -0.25) is 4.21 Å². The van der Waals surface area contributed by atoms with Crippen LogP contribution in [0.25, 0.3) is 0 Å². The molecule has 22 heavy (non-hydrogen) atoms. The first-order valence-electron chi connectivity index (χ1n) is 7.41. The van der Waals surface area contributed by atoms with Crippen LogP contribution >= 0.6 is 21.6 Å². The molecule has 0 aliphatic heterocycles. The van der Waals surface area contributed by atoms with Crippen LogP contribution in [-0.4, -0.2) is 9.96 Å². The van der Waals surface area contributed by atoms with Crippen molar-refractivity contribution in [2.75, 3.05) is 5.75 Å². The molecular formula is C18H22OS3. The Morgan fingerprint density at radius 2 is 1.64 bits per heavy atom. The third kappa shape index (κ3) is 6.59. The topological polar surface area (TPSA) is 17.1 Å². The molecule has 0 fully saturated rings. The minimum Gasteiger partial charge on any atom is -0.259 e. The molecule has 1 unspecified atom stereocenters. The van der Waals surface area contributed by atoms with Gasteiger partial charge in [-0.1, -0.05) is 77.9 Å². The molecule has 1 nitrogen and oxygen atoms in total. The monoisotopic (exact) mass is 350 g/mol. The lowest BCUT2D eigenvalue weighted by Gasteiger charge is -2.07. The van der Waals surface area contributed by atoms with Gasteiger partial charge >= 0.3 is 0 Å². The van der Waals surface area contributed by atoms with Crippen LogP contribution in [0.4, 0.5) is 0 Å². The largest absolute Gasteiger partial charge is 0.259 e. The molecule has 0 saturated carbocycles. The van der Waals surface area contributed by atoms with E-state index in [4.69, 9.17) is 0 Å². The second kappa shape index (κ2) is 9.43. The van der Waals surface area contributed by atoms with Crippen LogP contribution in [0, 0.1) is 5.92 Å². The minimum absolute atomic E-state index is 0.623. The van der Waals surface area contributed by atoms with E-state index >= 15 is 0 Å². The van der Waals surface area contributed by atoms with Crippen molar-refractivity contribution in [2.45, 2.75) is 30.2 Å². The highest BCUT2D eigenvalue weighted by Crippen LogP contribution is 2.32. The second-order valence-corrected chi connectivity index (χ2v) is 9.49. The smallest absolute Gasteiger partial charge is 0.0489 e. The molecule has 2 aromatic carbocycles. The van der Waals surface area contributed by atoms with Crippen LogP contribution in [0.15, 0.2) is 59.5 Å². The lowest BCUT2D eigenvalue weighted by Crippen LogP contribution is -1.99. The highest BCUT2D eigenvalue weighted by atomic mass is 33.1. The summed E-state index contributed by atoms with van der Waals surface area (Å²) in [6, 6.07) is 18.5. The molecule has 0 aliphatic rings. The number of hydrogen-bond acceptors (Lipinski definition) is 3. The van der Waals surface area contributed by atoms with E-state index in [1.54, 1.807) is 0 Å². The third-order valence-electron chi connectivity index (χ3n) is 2.95. The summed E-state index contributed by atoms with van der Waals surface area (Å²) in [5.74, 6) is 3.10. The van der Waals surface area contributed by atoms with E-state index in [1.165, 1.54) is 4.90 Å². The van der Waals surface area contributed by atoms with E-state index in [1.807, 2.05) is 51.9 Å². The highest BCUT2D eigenvalue weighted by molar-refractivity contribution is 8.76. The molecule has 0 N–H and O–H groups in total. The second-order valence-electron chi connectivity index (χ2n) is 5.62. The van der Waals surface area contributed by atoms with Crippen LogP contribution in [0.3, 0.4) is 0 Å². The maximum atomic E-state index is 12.3. The first kappa shape index (κ1) is 17.6. The Morgan fingerprint density at radius 3 is 2.36 bits per heavy atom. The first-order chi connectivity index (χ1) is 10.6. The van der Waals surface area contributed by atoms with Crippen molar-refractivity contribution < 1.29 is 4.21 Å². The molecule has 4 heteroatoms. The summed E-state index contributed by atoms with van der Waals surface area (Å²) in [5, 5.41) is 0. The molecule has 0 amide bonds. The van der Waals surface area contributed by atoms with Crippen molar-refractivity contribution >= 4 is 32.4 Å². The van der Waals surface area contributed by atoms with Gasteiger partial charge in [0.15, 0.2) is 0 Å². The summed E-state index contributed by atoms with van der Waals surface area (Å²) in [7, 11) is 2.84. The average Bonchev–Trinajstić information content (AvgIpc) is 2.48. The first-order valence-corrected chi connectivity index (χ1v) is 11.2. The maximum Gasteiger partial charge on any atom is 0.0489 e. The van der Waals surface area contributed by atoms with Crippen molar-refractivity contribution in [3.63, 3.8) is 0 Å². The number of hydrogen-bond donors (Lipinski definition) is 0. The van der Waals surface area contributed by atoms with Gasteiger partial charge in [0.05, 0.1) is 0 Å². The van der Waals surface area contributed by atoms with E-state index in [0.29, 0.717) is 17.4 Å². The van der Waals surface area contributed by atoms with Gasteiger partial charge in [0.2, 0.25) is 0 Å². The minimum atomic E-state index is -0.859. The van der Waals surface area contributed by atoms with Gasteiger partial charge in [-0.25, -0.2) is 0 Å². The lowest BCUT2D eigenvalue weighted by atomic mass is 10.2. The molecule has 0 saturated heterocycles.